The quantitative estimate of drug-likeness (QED) is 0.554. The summed E-state index contributed by atoms with van der Waals surface area (Å²) in [7, 11) is 4.27. The lowest BCUT2D eigenvalue weighted by molar-refractivity contribution is -0.890. The summed E-state index contributed by atoms with van der Waals surface area (Å²) < 4.78 is 0. The highest BCUT2D eigenvalue weighted by Crippen LogP contribution is 2.23. The number of hydrogen-bond acceptors (Lipinski definition) is 1. The molecule has 3 nitrogen and oxygen atoms in total. The number of nitrogens with one attached hydrogen (secondary N) is 2. The predicted octanol–water partition coefficient (Wildman–Crippen LogP) is 3.61. The van der Waals surface area contributed by atoms with Crippen LogP contribution in [0, 0.1) is 0 Å². The Hall–Kier alpha value is -3.17. The average Bonchev–Trinajstić information content (AvgIpc) is 2.73. The molecule has 0 aliphatic heterocycles. The SMILES string of the molecule is C[NH+](C)[C@H](CNC(=O)c1ccc2ccccc2c1)c1cccc2ccccc12. The zero-order valence-electron chi connectivity index (χ0n) is 16.3. The molecule has 0 heterocycles. The van der Waals surface area contributed by atoms with Crippen molar-refractivity contribution < 1.29 is 9.69 Å². The largest absolute Gasteiger partial charge is 0.346 e. The fourth-order valence-electron chi connectivity index (χ4n) is 3.81. The van der Waals surface area contributed by atoms with Gasteiger partial charge in [-0.2, -0.15) is 0 Å². The van der Waals surface area contributed by atoms with Crippen LogP contribution in [0.15, 0.2) is 84.9 Å². The van der Waals surface area contributed by atoms with Gasteiger partial charge in [0.15, 0.2) is 0 Å². The summed E-state index contributed by atoms with van der Waals surface area (Å²) in [5.41, 5.74) is 1.96. The third-order valence-corrected chi connectivity index (χ3v) is 5.37. The van der Waals surface area contributed by atoms with E-state index in [4.69, 9.17) is 0 Å². The molecule has 28 heavy (non-hydrogen) atoms. The summed E-state index contributed by atoms with van der Waals surface area (Å²) >= 11 is 0. The fourth-order valence-corrected chi connectivity index (χ4v) is 3.81. The molecular weight excluding hydrogens is 344 g/mol. The van der Waals surface area contributed by atoms with Gasteiger partial charge in [-0.25, -0.2) is 0 Å². The first-order valence-corrected chi connectivity index (χ1v) is 9.68. The molecule has 140 valence electrons. The first kappa shape index (κ1) is 18.2. The zero-order valence-corrected chi connectivity index (χ0v) is 16.3. The van der Waals surface area contributed by atoms with Gasteiger partial charge in [0.1, 0.15) is 6.04 Å². The van der Waals surface area contributed by atoms with Gasteiger partial charge in [-0.1, -0.05) is 72.8 Å². The molecule has 2 N–H and O–H groups in total. The minimum absolute atomic E-state index is 0.0303. The number of benzene rings is 4. The molecule has 0 saturated carbocycles. The van der Waals surface area contributed by atoms with Gasteiger partial charge >= 0.3 is 0 Å². The lowest BCUT2D eigenvalue weighted by atomic mass is 9.98. The molecule has 0 aliphatic carbocycles. The van der Waals surface area contributed by atoms with Crippen LogP contribution in [0.25, 0.3) is 21.5 Å². The third-order valence-electron chi connectivity index (χ3n) is 5.37. The first-order chi connectivity index (χ1) is 13.6. The maximum atomic E-state index is 12.8. The number of hydrogen-bond donors (Lipinski definition) is 2. The van der Waals surface area contributed by atoms with Gasteiger partial charge in [-0.3, -0.25) is 4.79 Å². The number of rotatable bonds is 5. The van der Waals surface area contributed by atoms with E-state index in [1.54, 1.807) is 0 Å². The number of amides is 1. The summed E-state index contributed by atoms with van der Waals surface area (Å²) in [6.45, 7) is 0.585. The van der Waals surface area contributed by atoms with Crippen LogP contribution in [0.2, 0.25) is 0 Å². The predicted molar refractivity (Wildman–Crippen MR) is 116 cm³/mol. The van der Waals surface area contributed by atoms with Crippen molar-refractivity contribution in [1.82, 2.24) is 5.32 Å². The van der Waals surface area contributed by atoms with Crippen LogP contribution in [0.4, 0.5) is 0 Å². The van der Waals surface area contributed by atoms with Gasteiger partial charge in [-0.15, -0.1) is 0 Å². The van der Waals surface area contributed by atoms with E-state index >= 15 is 0 Å². The van der Waals surface area contributed by atoms with E-state index in [2.05, 4.69) is 67.9 Å². The number of fused-ring (bicyclic) bond motifs is 2. The van der Waals surface area contributed by atoms with Gasteiger partial charge in [0, 0.05) is 11.1 Å². The van der Waals surface area contributed by atoms with Gasteiger partial charge in [0.05, 0.1) is 20.6 Å². The summed E-state index contributed by atoms with van der Waals surface area (Å²) in [6.07, 6.45) is 0. The summed E-state index contributed by atoms with van der Waals surface area (Å²) in [4.78, 5) is 14.1. The summed E-state index contributed by atoms with van der Waals surface area (Å²) in [5, 5.41) is 7.85. The molecule has 0 fully saturated rings. The van der Waals surface area contributed by atoms with Crippen LogP contribution < -0.4 is 10.2 Å². The molecule has 0 aliphatic rings. The monoisotopic (exact) mass is 369 g/mol. The topological polar surface area (TPSA) is 33.5 Å². The molecule has 0 spiro atoms. The molecule has 0 unspecified atom stereocenters. The maximum Gasteiger partial charge on any atom is 0.251 e. The second-order valence-corrected chi connectivity index (χ2v) is 7.47. The third kappa shape index (κ3) is 3.62. The standard InChI is InChI=1S/C25H24N2O/c1-27(2)24(23-13-7-11-19-9-5-6-12-22(19)23)17-26-25(28)21-15-14-18-8-3-4-10-20(18)16-21/h3-16,24H,17H2,1-2H3,(H,26,28)/p+1/t24-/m1/s1. The van der Waals surface area contributed by atoms with Gasteiger partial charge in [0.2, 0.25) is 0 Å². The van der Waals surface area contributed by atoms with Crippen molar-refractivity contribution in [2.24, 2.45) is 0 Å². The lowest BCUT2D eigenvalue weighted by Crippen LogP contribution is -3.07. The van der Waals surface area contributed by atoms with E-state index < -0.39 is 0 Å². The Labute approximate surface area is 165 Å². The Balaban J connectivity index is 1.57. The van der Waals surface area contributed by atoms with Gasteiger partial charge < -0.3 is 10.2 Å². The molecule has 3 heteroatoms. The van der Waals surface area contributed by atoms with Crippen molar-refractivity contribution in [3.8, 4) is 0 Å². The van der Waals surface area contributed by atoms with Crippen molar-refractivity contribution in [3.05, 3.63) is 96.1 Å². The number of carbonyl (C=O) groups is 1. The van der Waals surface area contributed by atoms with E-state index in [0.29, 0.717) is 12.1 Å². The Morgan fingerprint density at radius 2 is 1.50 bits per heavy atom. The van der Waals surface area contributed by atoms with E-state index in [-0.39, 0.29) is 11.9 Å². The van der Waals surface area contributed by atoms with E-state index in [0.717, 1.165) is 10.8 Å². The van der Waals surface area contributed by atoms with Crippen molar-refractivity contribution in [2.45, 2.75) is 6.04 Å². The highest BCUT2D eigenvalue weighted by molar-refractivity contribution is 5.98. The van der Waals surface area contributed by atoms with Gasteiger partial charge in [-0.05, 0) is 33.7 Å². The highest BCUT2D eigenvalue weighted by Gasteiger charge is 2.21. The summed E-state index contributed by atoms with van der Waals surface area (Å²) in [5.74, 6) is -0.0303. The van der Waals surface area contributed by atoms with Crippen molar-refractivity contribution >= 4 is 27.5 Å². The smallest absolute Gasteiger partial charge is 0.251 e. The van der Waals surface area contributed by atoms with Crippen molar-refractivity contribution in [3.63, 3.8) is 0 Å². The Morgan fingerprint density at radius 3 is 2.29 bits per heavy atom. The molecule has 0 saturated heterocycles. The molecule has 0 radical (unpaired) electrons. The second-order valence-electron chi connectivity index (χ2n) is 7.47. The van der Waals surface area contributed by atoms with Crippen molar-refractivity contribution in [2.75, 3.05) is 20.6 Å². The minimum Gasteiger partial charge on any atom is -0.346 e. The van der Waals surface area contributed by atoms with Gasteiger partial charge in [0.25, 0.3) is 5.91 Å². The second kappa shape index (κ2) is 7.83. The Kier molecular flexibility index (Phi) is 5.09. The van der Waals surface area contributed by atoms with Crippen LogP contribution in [0.5, 0.6) is 0 Å². The van der Waals surface area contributed by atoms with Crippen LogP contribution in [0.1, 0.15) is 22.0 Å². The molecule has 0 bridgehead atoms. The van der Waals surface area contributed by atoms with Crippen LogP contribution in [-0.2, 0) is 0 Å². The molecule has 4 aromatic carbocycles. The first-order valence-electron chi connectivity index (χ1n) is 9.68. The Morgan fingerprint density at radius 1 is 0.821 bits per heavy atom. The molecule has 1 atom stereocenters. The highest BCUT2D eigenvalue weighted by atomic mass is 16.1. The lowest BCUT2D eigenvalue weighted by Gasteiger charge is -2.23. The Bertz CT molecular complexity index is 1130. The maximum absolute atomic E-state index is 12.8. The van der Waals surface area contributed by atoms with E-state index in [9.17, 15) is 4.79 Å². The normalized spacial score (nSPS) is 12.4. The van der Waals surface area contributed by atoms with E-state index in [1.807, 2.05) is 36.4 Å². The number of likely N-dealkylation sites (N-methyl/N-ethyl adjacent to an activating group) is 1. The molecule has 4 rings (SSSR count). The minimum atomic E-state index is -0.0303. The molecular formula is C25H25N2O+. The molecule has 1 amide bonds. The average molecular weight is 369 g/mol. The summed E-state index contributed by atoms with van der Waals surface area (Å²) in [6, 6.07) is 29.0. The fraction of sp³-hybridized carbons (Fsp3) is 0.160. The number of carbonyl (C=O) groups excluding carboxylic acids is 1. The zero-order chi connectivity index (χ0) is 19.5. The van der Waals surface area contributed by atoms with Crippen LogP contribution in [-0.4, -0.2) is 26.5 Å². The van der Waals surface area contributed by atoms with Crippen molar-refractivity contribution in [1.29, 1.82) is 0 Å². The van der Waals surface area contributed by atoms with E-state index in [1.165, 1.54) is 21.2 Å². The molecule has 0 aromatic heterocycles. The number of quaternary nitrogens is 1. The van der Waals surface area contributed by atoms with Crippen LogP contribution >= 0.6 is 0 Å². The van der Waals surface area contributed by atoms with Crippen LogP contribution in [0.3, 0.4) is 0 Å². The molecule has 4 aromatic rings.